The summed E-state index contributed by atoms with van der Waals surface area (Å²) in [6.45, 7) is 3.77. The number of anilines is 1. The molecule has 7 nitrogen and oxygen atoms in total. The van der Waals surface area contributed by atoms with Crippen LogP contribution in [-0.4, -0.2) is 39.3 Å². The summed E-state index contributed by atoms with van der Waals surface area (Å²) in [6, 6.07) is 9.21. The molecule has 162 valence electrons. The maximum atomic E-state index is 13.0. The van der Waals surface area contributed by atoms with E-state index in [2.05, 4.69) is 15.5 Å². The third-order valence-electron chi connectivity index (χ3n) is 4.75. The van der Waals surface area contributed by atoms with Crippen molar-refractivity contribution in [2.45, 2.75) is 25.4 Å². The van der Waals surface area contributed by atoms with Gasteiger partial charge in [0.05, 0.1) is 19.3 Å². The molecule has 0 aliphatic heterocycles. The second-order valence-corrected chi connectivity index (χ2v) is 7.98. The fourth-order valence-corrected chi connectivity index (χ4v) is 3.84. The summed E-state index contributed by atoms with van der Waals surface area (Å²) in [5.74, 6) is 0.721. The smallest absolute Gasteiger partial charge is 0.232 e. The van der Waals surface area contributed by atoms with Gasteiger partial charge in [0.2, 0.25) is 5.91 Å². The third kappa shape index (κ3) is 5.49. The molecule has 1 aromatic heterocycles. The molecule has 3 aromatic rings. The number of rotatable bonds is 8. The van der Waals surface area contributed by atoms with E-state index in [1.807, 2.05) is 26.0 Å². The Bertz CT molecular complexity index is 1110. The fraction of sp³-hybridized carbons (Fsp3) is 0.273. The van der Waals surface area contributed by atoms with E-state index in [-0.39, 0.29) is 29.7 Å². The van der Waals surface area contributed by atoms with Crippen molar-refractivity contribution in [1.29, 1.82) is 0 Å². The molecule has 0 atom stereocenters. The molecule has 0 spiro atoms. The Morgan fingerprint density at radius 2 is 1.84 bits per heavy atom. The first kappa shape index (κ1) is 22.5. The van der Waals surface area contributed by atoms with Gasteiger partial charge in [-0.15, -0.1) is 10.2 Å². The number of carbonyl (C=O) groups excluding carboxylic acids is 2. The molecule has 0 saturated carbocycles. The number of aryl methyl sites for hydroxylation is 2. The Hall–Kier alpha value is -3.20. The van der Waals surface area contributed by atoms with Crippen LogP contribution in [0.4, 0.5) is 10.1 Å². The highest BCUT2D eigenvalue weighted by Crippen LogP contribution is 2.25. The maximum absolute atomic E-state index is 13.0. The van der Waals surface area contributed by atoms with Crippen LogP contribution in [0.15, 0.2) is 41.6 Å². The van der Waals surface area contributed by atoms with Crippen molar-refractivity contribution in [3.63, 3.8) is 0 Å². The summed E-state index contributed by atoms with van der Waals surface area (Å²) in [5.41, 5.74) is 2.89. The van der Waals surface area contributed by atoms with E-state index in [0.29, 0.717) is 22.2 Å². The van der Waals surface area contributed by atoms with Crippen LogP contribution in [-0.2, 0) is 18.3 Å². The third-order valence-corrected chi connectivity index (χ3v) is 5.77. The highest BCUT2D eigenvalue weighted by atomic mass is 32.2. The minimum atomic E-state index is -0.373. The summed E-state index contributed by atoms with van der Waals surface area (Å²) in [5, 5.41) is 11.4. The molecule has 0 unspecified atom stereocenters. The van der Waals surface area contributed by atoms with Gasteiger partial charge >= 0.3 is 0 Å². The van der Waals surface area contributed by atoms with E-state index in [4.69, 9.17) is 4.74 Å². The van der Waals surface area contributed by atoms with Crippen LogP contribution < -0.4 is 10.1 Å². The number of Topliss-reactive ketones (excluding diaryl/α,β-unsaturated/α-hetero) is 1. The number of halogens is 1. The number of methoxy groups -OCH3 is 1. The molecule has 0 aliphatic rings. The quantitative estimate of drug-likeness (QED) is 0.423. The molecular formula is C22H23FN4O3S. The Labute approximate surface area is 184 Å². The van der Waals surface area contributed by atoms with Crippen LogP contribution >= 0.6 is 11.8 Å². The summed E-state index contributed by atoms with van der Waals surface area (Å²) >= 11 is 1.26. The normalized spacial score (nSPS) is 10.7. The number of benzene rings is 2. The van der Waals surface area contributed by atoms with Crippen LogP contribution in [0.3, 0.4) is 0 Å². The predicted octanol–water partition coefficient (Wildman–Crippen LogP) is 3.74. The van der Waals surface area contributed by atoms with Crippen molar-refractivity contribution in [3.8, 4) is 5.75 Å². The van der Waals surface area contributed by atoms with Crippen molar-refractivity contribution < 1.29 is 18.7 Å². The van der Waals surface area contributed by atoms with Crippen molar-refractivity contribution in [3.05, 3.63) is 64.7 Å². The van der Waals surface area contributed by atoms with Gasteiger partial charge in [-0.2, -0.15) is 0 Å². The van der Waals surface area contributed by atoms with Crippen LogP contribution in [0, 0.1) is 19.7 Å². The lowest BCUT2D eigenvalue weighted by atomic mass is 10.0. The molecule has 9 heteroatoms. The first-order chi connectivity index (χ1) is 14.8. The van der Waals surface area contributed by atoms with Crippen LogP contribution in [0.2, 0.25) is 0 Å². The summed E-state index contributed by atoms with van der Waals surface area (Å²) in [6.07, 6.45) is 0.00612. The zero-order valence-electron chi connectivity index (χ0n) is 17.7. The van der Waals surface area contributed by atoms with Crippen molar-refractivity contribution >= 4 is 29.1 Å². The minimum Gasteiger partial charge on any atom is -0.496 e. The monoisotopic (exact) mass is 442 g/mol. The molecule has 31 heavy (non-hydrogen) atoms. The van der Waals surface area contributed by atoms with Gasteiger partial charge in [0.1, 0.15) is 17.4 Å². The molecule has 0 bridgehead atoms. The van der Waals surface area contributed by atoms with Gasteiger partial charge in [-0.05, 0) is 61.4 Å². The van der Waals surface area contributed by atoms with E-state index in [9.17, 15) is 14.0 Å². The number of ether oxygens (including phenoxy) is 1. The number of nitrogens with one attached hydrogen (secondary N) is 1. The van der Waals surface area contributed by atoms with Gasteiger partial charge in [0.25, 0.3) is 0 Å². The lowest BCUT2D eigenvalue weighted by Crippen LogP contribution is -2.17. The molecule has 2 aromatic carbocycles. The number of ketones is 1. The zero-order chi connectivity index (χ0) is 22.5. The maximum Gasteiger partial charge on any atom is 0.232 e. The number of amides is 1. The van der Waals surface area contributed by atoms with Gasteiger partial charge < -0.3 is 14.6 Å². The summed E-state index contributed by atoms with van der Waals surface area (Å²) < 4.78 is 20.0. The molecule has 0 fully saturated rings. The number of hydrogen-bond acceptors (Lipinski definition) is 6. The molecule has 0 aliphatic carbocycles. The van der Waals surface area contributed by atoms with E-state index >= 15 is 0 Å². The number of carbonyl (C=O) groups is 2. The van der Waals surface area contributed by atoms with Crippen molar-refractivity contribution in [2.75, 3.05) is 18.2 Å². The van der Waals surface area contributed by atoms with E-state index in [0.717, 1.165) is 16.9 Å². The van der Waals surface area contributed by atoms with Crippen molar-refractivity contribution in [1.82, 2.24) is 14.8 Å². The number of nitrogens with zero attached hydrogens (tertiary/aromatic N) is 3. The Kier molecular flexibility index (Phi) is 7.06. The highest BCUT2D eigenvalue weighted by Gasteiger charge is 2.17. The number of hydrogen-bond donors (Lipinski definition) is 1. The minimum absolute atomic E-state index is 0.00612. The largest absolute Gasteiger partial charge is 0.496 e. The average molecular weight is 443 g/mol. The van der Waals surface area contributed by atoms with Crippen LogP contribution in [0.1, 0.15) is 27.3 Å². The summed E-state index contributed by atoms with van der Waals surface area (Å²) in [4.78, 5) is 24.9. The Morgan fingerprint density at radius 1 is 1.13 bits per heavy atom. The molecule has 1 amide bonds. The first-order valence-corrected chi connectivity index (χ1v) is 10.5. The fourth-order valence-electron chi connectivity index (χ4n) is 3.02. The van der Waals surface area contributed by atoms with Gasteiger partial charge in [0.15, 0.2) is 10.9 Å². The highest BCUT2D eigenvalue weighted by molar-refractivity contribution is 7.99. The molecule has 0 radical (unpaired) electrons. The standard InChI is InChI=1S/C22H23FN4O3S/c1-13-10-19(30-4)14(2)9-17(13)18(28)12-31-22-26-25-20(27(22)3)11-21(29)24-16-7-5-15(23)6-8-16/h5-10H,11-12H2,1-4H3,(H,24,29). The first-order valence-electron chi connectivity index (χ1n) is 9.53. The van der Waals surface area contributed by atoms with Gasteiger partial charge in [-0.1, -0.05) is 11.8 Å². The molecule has 1 heterocycles. The second-order valence-electron chi connectivity index (χ2n) is 7.04. The lowest BCUT2D eigenvalue weighted by Gasteiger charge is -2.10. The number of aromatic nitrogens is 3. The molecule has 1 N–H and O–H groups in total. The molecule has 0 saturated heterocycles. The number of thioether (sulfide) groups is 1. The lowest BCUT2D eigenvalue weighted by molar-refractivity contribution is -0.115. The van der Waals surface area contributed by atoms with Crippen LogP contribution in [0.5, 0.6) is 5.75 Å². The molecular weight excluding hydrogens is 419 g/mol. The van der Waals surface area contributed by atoms with Crippen molar-refractivity contribution in [2.24, 2.45) is 7.05 Å². The average Bonchev–Trinajstić information content (AvgIpc) is 3.08. The topological polar surface area (TPSA) is 86.1 Å². The zero-order valence-corrected chi connectivity index (χ0v) is 18.5. The second kappa shape index (κ2) is 9.74. The van der Waals surface area contributed by atoms with Gasteiger partial charge in [-0.3, -0.25) is 9.59 Å². The molecule has 3 rings (SSSR count). The Morgan fingerprint density at radius 3 is 2.52 bits per heavy atom. The summed E-state index contributed by atoms with van der Waals surface area (Å²) in [7, 11) is 3.35. The Balaban J connectivity index is 1.61. The van der Waals surface area contributed by atoms with E-state index in [1.165, 1.54) is 36.0 Å². The van der Waals surface area contributed by atoms with Gasteiger partial charge in [-0.25, -0.2) is 4.39 Å². The van der Waals surface area contributed by atoms with E-state index in [1.54, 1.807) is 18.7 Å². The van der Waals surface area contributed by atoms with Crippen LogP contribution in [0.25, 0.3) is 0 Å². The SMILES string of the molecule is COc1cc(C)c(C(=O)CSc2nnc(CC(=O)Nc3ccc(F)cc3)n2C)cc1C. The van der Waals surface area contributed by atoms with Gasteiger partial charge in [0, 0.05) is 18.3 Å². The predicted molar refractivity (Wildman–Crippen MR) is 117 cm³/mol. The van der Waals surface area contributed by atoms with E-state index < -0.39 is 0 Å².